The number of carbonyl (C=O) groups is 3. The molecule has 4 atom stereocenters. The summed E-state index contributed by atoms with van der Waals surface area (Å²) < 4.78 is 28.0. The third-order valence-corrected chi connectivity index (χ3v) is 9.15. The molecule has 2 rings (SSSR count). The summed E-state index contributed by atoms with van der Waals surface area (Å²) in [5, 5.41) is 12.6. The first kappa shape index (κ1) is 44.5. The molecule has 296 valence electrons. The molecule has 0 aliphatic carbocycles. The smallest absolute Gasteiger partial charge is 0.493 e. The number of carbonyl (C=O) groups excluding carboxylic acids is 3. The van der Waals surface area contributed by atoms with Crippen LogP contribution >= 0.6 is 0 Å². The molecule has 0 aromatic heterocycles. The maximum Gasteiger partial charge on any atom is 0.514 e. The van der Waals surface area contributed by atoms with Gasteiger partial charge in [-0.15, -0.1) is 10.1 Å². The third-order valence-electron chi connectivity index (χ3n) is 9.15. The van der Waals surface area contributed by atoms with Crippen molar-refractivity contribution in [1.29, 1.82) is 0 Å². The number of rotatable bonds is 24. The summed E-state index contributed by atoms with van der Waals surface area (Å²) in [6, 6.07) is 11.1. The minimum Gasteiger partial charge on any atom is -0.493 e. The van der Waals surface area contributed by atoms with Crippen molar-refractivity contribution in [3.05, 3.63) is 63.7 Å². The Hall–Kier alpha value is -4.63. The number of nitrogens with zero attached hydrogens (tertiary/aromatic N) is 1. The lowest BCUT2D eigenvalue weighted by molar-refractivity contribution is -0.763. The van der Waals surface area contributed by atoms with Crippen LogP contribution in [-0.2, 0) is 36.9 Å². The Morgan fingerprint density at radius 1 is 0.943 bits per heavy atom. The molecule has 0 heterocycles. The van der Waals surface area contributed by atoms with Crippen LogP contribution in [0.1, 0.15) is 71.9 Å². The fourth-order valence-corrected chi connectivity index (χ4v) is 5.58. The van der Waals surface area contributed by atoms with E-state index >= 15 is 0 Å². The molecule has 53 heavy (non-hydrogen) atoms. The van der Waals surface area contributed by atoms with Gasteiger partial charge in [-0.3, -0.25) is 9.59 Å². The molecule has 4 unspecified atom stereocenters. The second kappa shape index (κ2) is 21.8. The summed E-state index contributed by atoms with van der Waals surface area (Å²) in [6.45, 7) is 11.9. The van der Waals surface area contributed by atoms with Crippen molar-refractivity contribution in [1.82, 2.24) is 5.32 Å². The van der Waals surface area contributed by atoms with Gasteiger partial charge in [0.15, 0.2) is 11.5 Å². The Bertz CT molecular complexity index is 1480. The number of nitrogens with one attached hydrogen (secondary N) is 1. The second-order valence-electron chi connectivity index (χ2n) is 14.5. The molecule has 0 saturated heterocycles. The van der Waals surface area contributed by atoms with E-state index in [0.717, 1.165) is 12.0 Å². The summed E-state index contributed by atoms with van der Waals surface area (Å²) in [4.78, 5) is 53.8. The van der Waals surface area contributed by atoms with Crippen LogP contribution in [0, 0.1) is 39.2 Å². The van der Waals surface area contributed by atoms with Crippen LogP contribution in [0.3, 0.4) is 0 Å². The van der Waals surface area contributed by atoms with Crippen LogP contribution in [0.25, 0.3) is 0 Å². The highest BCUT2D eigenvalue weighted by Crippen LogP contribution is 2.32. The summed E-state index contributed by atoms with van der Waals surface area (Å²) in [6.07, 6.45) is -0.154. The van der Waals surface area contributed by atoms with E-state index in [-0.39, 0.29) is 49.0 Å². The van der Waals surface area contributed by atoms with Gasteiger partial charge in [0, 0.05) is 38.6 Å². The summed E-state index contributed by atoms with van der Waals surface area (Å²) in [5.74, 6) is -0.213. The van der Waals surface area contributed by atoms with Crippen molar-refractivity contribution in [2.45, 2.75) is 86.0 Å². The van der Waals surface area contributed by atoms with Gasteiger partial charge in [0.1, 0.15) is 18.5 Å². The van der Waals surface area contributed by atoms with E-state index in [4.69, 9.17) is 35.2 Å². The first-order valence-electron chi connectivity index (χ1n) is 17.8. The number of primary amides is 1. The molecule has 2 amide bonds. The van der Waals surface area contributed by atoms with E-state index in [2.05, 4.69) is 24.0 Å². The first-order chi connectivity index (χ1) is 25.0. The lowest BCUT2D eigenvalue weighted by Crippen LogP contribution is -2.47. The van der Waals surface area contributed by atoms with Crippen molar-refractivity contribution in [2.75, 3.05) is 34.0 Å². The van der Waals surface area contributed by atoms with Crippen LogP contribution in [0.15, 0.2) is 42.5 Å². The Morgan fingerprint density at radius 3 is 2.26 bits per heavy atom. The van der Waals surface area contributed by atoms with E-state index in [1.165, 1.54) is 12.1 Å². The van der Waals surface area contributed by atoms with Gasteiger partial charge in [-0.1, -0.05) is 45.9 Å². The minimum absolute atomic E-state index is 0.0237. The average molecular weight is 747 g/mol. The third kappa shape index (κ3) is 15.5. The van der Waals surface area contributed by atoms with Crippen LogP contribution in [-0.4, -0.2) is 69.2 Å². The quantitative estimate of drug-likeness (QED) is 0.0414. The van der Waals surface area contributed by atoms with Gasteiger partial charge in [0.2, 0.25) is 11.8 Å². The zero-order valence-electron chi connectivity index (χ0n) is 32.3. The number of amides is 2. The van der Waals surface area contributed by atoms with E-state index in [9.17, 15) is 24.5 Å². The lowest BCUT2D eigenvalue weighted by atomic mass is 9.80. The van der Waals surface area contributed by atoms with E-state index in [1.807, 2.05) is 32.0 Å². The molecule has 15 nitrogen and oxygen atoms in total. The molecule has 0 fully saturated rings. The van der Waals surface area contributed by atoms with Crippen molar-refractivity contribution in [3.63, 3.8) is 0 Å². The van der Waals surface area contributed by atoms with Gasteiger partial charge >= 0.3 is 6.16 Å². The number of ether oxygens (including phenoxy) is 5. The predicted molar refractivity (Wildman–Crippen MR) is 198 cm³/mol. The van der Waals surface area contributed by atoms with Crippen molar-refractivity contribution in [3.8, 4) is 17.2 Å². The fourth-order valence-electron chi connectivity index (χ4n) is 5.58. The van der Waals surface area contributed by atoms with Crippen LogP contribution in [0.4, 0.5) is 4.79 Å². The SMILES string of the molecule is COCCCOc1cc(CC(CC(N)C(CC(C(=O)NCC(C)(C)C(N)=O)C(C)C)OC(=O)Oc2cccc(CO[N+](=O)[O-])c2)C(C)C)ccc1OC. The maximum atomic E-state index is 13.5. The average Bonchev–Trinajstić information content (AvgIpc) is 3.09. The first-order valence-corrected chi connectivity index (χ1v) is 17.8. The van der Waals surface area contributed by atoms with E-state index in [1.54, 1.807) is 40.2 Å². The fraction of sp³-hybridized carbons (Fsp3) is 0.605. The van der Waals surface area contributed by atoms with Gasteiger partial charge in [0.05, 0.1) is 19.1 Å². The van der Waals surface area contributed by atoms with Gasteiger partial charge in [-0.25, -0.2) is 4.79 Å². The molecule has 5 N–H and O–H groups in total. The molecule has 2 aromatic rings. The highest BCUT2D eigenvalue weighted by molar-refractivity contribution is 5.83. The Morgan fingerprint density at radius 2 is 1.66 bits per heavy atom. The maximum absolute atomic E-state index is 13.5. The molecule has 0 bridgehead atoms. The number of methoxy groups -OCH3 is 2. The molecule has 0 saturated carbocycles. The Balaban J connectivity index is 2.35. The number of benzene rings is 2. The zero-order valence-corrected chi connectivity index (χ0v) is 32.3. The molecule has 2 aromatic carbocycles. The predicted octanol–water partition coefficient (Wildman–Crippen LogP) is 5.23. The lowest BCUT2D eigenvalue weighted by Gasteiger charge is -2.32. The monoisotopic (exact) mass is 746 g/mol. The van der Waals surface area contributed by atoms with Crippen molar-refractivity contribution < 1.29 is 48.0 Å². The molecule has 0 radical (unpaired) electrons. The second-order valence-corrected chi connectivity index (χ2v) is 14.5. The van der Waals surface area contributed by atoms with Crippen molar-refractivity contribution >= 4 is 18.0 Å². The van der Waals surface area contributed by atoms with Crippen molar-refractivity contribution in [2.24, 2.45) is 40.6 Å². The van der Waals surface area contributed by atoms with Gasteiger partial charge in [0.25, 0.3) is 5.09 Å². The van der Waals surface area contributed by atoms with Crippen LogP contribution in [0.2, 0.25) is 0 Å². The summed E-state index contributed by atoms with van der Waals surface area (Å²) in [7, 11) is 3.23. The van der Waals surface area contributed by atoms with Gasteiger partial charge in [-0.05, 0) is 86.3 Å². The van der Waals surface area contributed by atoms with Crippen LogP contribution in [0.5, 0.6) is 17.2 Å². The zero-order chi connectivity index (χ0) is 39.7. The highest BCUT2D eigenvalue weighted by atomic mass is 16.9. The molecular formula is C38H58N4O11. The standard InChI is InChI=1S/C38H58N4O11/c1-24(2)28(17-26-13-14-32(49-8)34(19-26)50-16-10-15-48-7)20-31(39)33(21-30(25(3)4)35(43)41-23-38(5,6)36(40)44)53-37(45)52-29-12-9-11-27(18-29)22-51-42(46)47/h9,11-14,18-19,24-25,28,30-31,33H,10,15-17,20-23,39H2,1-8H3,(H2,40,44)(H,41,43). The Labute approximate surface area is 312 Å². The molecule has 0 aliphatic heterocycles. The number of hydrogen-bond acceptors (Lipinski definition) is 12. The number of nitrogens with two attached hydrogens (primary N) is 2. The summed E-state index contributed by atoms with van der Waals surface area (Å²) in [5.41, 5.74) is 12.8. The largest absolute Gasteiger partial charge is 0.514 e. The topological polar surface area (TPSA) is 214 Å². The minimum atomic E-state index is -1.05. The summed E-state index contributed by atoms with van der Waals surface area (Å²) >= 11 is 0. The van der Waals surface area contributed by atoms with Gasteiger partial charge in [-0.2, -0.15) is 0 Å². The highest BCUT2D eigenvalue weighted by Gasteiger charge is 2.35. The number of hydrogen-bond donors (Lipinski definition) is 3. The molecule has 15 heteroatoms. The molecular weight excluding hydrogens is 688 g/mol. The normalized spacial score (nSPS) is 13.8. The van der Waals surface area contributed by atoms with E-state index in [0.29, 0.717) is 43.1 Å². The van der Waals surface area contributed by atoms with Gasteiger partial charge < -0.3 is 45.3 Å². The molecule has 0 spiro atoms. The molecule has 0 aliphatic rings. The Kier molecular flexibility index (Phi) is 18.3. The van der Waals surface area contributed by atoms with E-state index < -0.39 is 40.6 Å². The van der Waals surface area contributed by atoms with Crippen LogP contribution < -0.4 is 31.0 Å².